The van der Waals surface area contributed by atoms with E-state index in [4.69, 9.17) is 10.5 Å². The van der Waals surface area contributed by atoms with Crippen molar-refractivity contribution in [3.8, 4) is 0 Å². The third kappa shape index (κ3) is 2.91. The molecule has 2 bridgehead atoms. The van der Waals surface area contributed by atoms with Crippen LogP contribution in [0.25, 0.3) is 0 Å². The van der Waals surface area contributed by atoms with Gasteiger partial charge in [-0.05, 0) is 24.8 Å². The molecule has 2 fully saturated rings. The van der Waals surface area contributed by atoms with Crippen molar-refractivity contribution >= 4 is 0 Å². The molecule has 0 amide bonds. The van der Waals surface area contributed by atoms with Gasteiger partial charge in [-0.25, -0.2) is 0 Å². The van der Waals surface area contributed by atoms with Gasteiger partial charge < -0.3 is 10.5 Å². The molecule has 0 saturated carbocycles. The largest absolute Gasteiger partial charge is 0.372 e. The fourth-order valence-electron chi connectivity index (χ4n) is 3.16. The van der Waals surface area contributed by atoms with E-state index in [0.717, 1.165) is 26.1 Å². The van der Waals surface area contributed by atoms with Gasteiger partial charge in [0, 0.05) is 25.7 Å². The van der Waals surface area contributed by atoms with Crippen molar-refractivity contribution in [3.63, 3.8) is 0 Å². The first-order valence-electron chi connectivity index (χ1n) is 6.97. The lowest BCUT2D eigenvalue weighted by molar-refractivity contribution is -0.0396. The molecule has 3 nitrogen and oxygen atoms in total. The minimum absolute atomic E-state index is 0.227. The minimum Gasteiger partial charge on any atom is -0.372 e. The van der Waals surface area contributed by atoms with E-state index in [9.17, 15) is 0 Å². The Morgan fingerprint density at radius 1 is 1.17 bits per heavy atom. The van der Waals surface area contributed by atoms with E-state index in [0.29, 0.717) is 12.2 Å². The summed E-state index contributed by atoms with van der Waals surface area (Å²) < 4.78 is 5.84. The lowest BCUT2D eigenvalue weighted by atomic mass is 10.1. The molecular formula is C15H22N2O. The van der Waals surface area contributed by atoms with Crippen LogP contribution in [0.15, 0.2) is 30.3 Å². The normalized spacial score (nSPS) is 29.4. The number of rotatable bonds is 4. The number of ether oxygens (including phenoxy) is 1. The molecule has 2 unspecified atom stereocenters. The monoisotopic (exact) mass is 246 g/mol. The van der Waals surface area contributed by atoms with E-state index < -0.39 is 0 Å². The summed E-state index contributed by atoms with van der Waals surface area (Å²) in [5.74, 6) is 0. The standard InChI is InChI=1S/C15H22N2O/c16-13(8-12-4-2-1-3-5-12)9-17-10-14-6-7-15(11-17)18-14/h1-5,13-15H,6-11,16H2/t13-,14?,15?/m1/s1. The Balaban J connectivity index is 1.50. The van der Waals surface area contributed by atoms with Crippen LogP contribution in [0, 0.1) is 0 Å². The van der Waals surface area contributed by atoms with Crippen LogP contribution in [0.4, 0.5) is 0 Å². The second-order valence-corrected chi connectivity index (χ2v) is 5.63. The number of nitrogens with two attached hydrogens (primary N) is 1. The van der Waals surface area contributed by atoms with Gasteiger partial charge in [-0.15, -0.1) is 0 Å². The van der Waals surface area contributed by atoms with Gasteiger partial charge in [0.25, 0.3) is 0 Å². The molecule has 2 aliphatic heterocycles. The van der Waals surface area contributed by atoms with Gasteiger partial charge >= 0.3 is 0 Å². The van der Waals surface area contributed by atoms with Crippen LogP contribution in [0.1, 0.15) is 18.4 Å². The summed E-state index contributed by atoms with van der Waals surface area (Å²) in [6.07, 6.45) is 4.36. The number of benzene rings is 1. The van der Waals surface area contributed by atoms with Gasteiger partial charge in [0.2, 0.25) is 0 Å². The number of likely N-dealkylation sites (tertiary alicyclic amines) is 1. The van der Waals surface area contributed by atoms with Crippen molar-refractivity contribution in [1.82, 2.24) is 4.90 Å². The van der Waals surface area contributed by atoms with E-state index in [1.165, 1.54) is 18.4 Å². The van der Waals surface area contributed by atoms with Crippen molar-refractivity contribution in [1.29, 1.82) is 0 Å². The van der Waals surface area contributed by atoms with Crippen LogP contribution >= 0.6 is 0 Å². The van der Waals surface area contributed by atoms with Gasteiger partial charge in [0.15, 0.2) is 0 Å². The fraction of sp³-hybridized carbons (Fsp3) is 0.600. The number of hydrogen-bond donors (Lipinski definition) is 1. The van der Waals surface area contributed by atoms with E-state index in [-0.39, 0.29) is 6.04 Å². The number of fused-ring (bicyclic) bond motifs is 2. The molecule has 2 heterocycles. The van der Waals surface area contributed by atoms with E-state index in [2.05, 4.69) is 35.2 Å². The predicted molar refractivity (Wildman–Crippen MR) is 72.5 cm³/mol. The summed E-state index contributed by atoms with van der Waals surface area (Å²) >= 11 is 0. The maximum atomic E-state index is 6.27. The maximum Gasteiger partial charge on any atom is 0.0707 e. The maximum absolute atomic E-state index is 6.27. The highest BCUT2D eigenvalue weighted by atomic mass is 16.5. The summed E-state index contributed by atoms with van der Waals surface area (Å²) in [7, 11) is 0. The minimum atomic E-state index is 0.227. The van der Waals surface area contributed by atoms with Crippen molar-refractivity contribution in [2.24, 2.45) is 5.73 Å². The molecule has 2 aliphatic rings. The molecule has 3 rings (SSSR count). The molecule has 2 saturated heterocycles. The van der Waals surface area contributed by atoms with Crippen molar-refractivity contribution in [2.45, 2.75) is 37.5 Å². The van der Waals surface area contributed by atoms with E-state index >= 15 is 0 Å². The Labute approximate surface area is 109 Å². The third-order valence-corrected chi connectivity index (χ3v) is 3.95. The molecule has 3 atom stereocenters. The Hall–Kier alpha value is -0.900. The summed E-state index contributed by atoms with van der Waals surface area (Å²) in [5.41, 5.74) is 7.60. The second-order valence-electron chi connectivity index (χ2n) is 5.63. The summed E-state index contributed by atoms with van der Waals surface area (Å²) in [4.78, 5) is 2.49. The summed E-state index contributed by atoms with van der Waals surface area (Å²) in [6.45, 7) is 3.13. The van der Waals surface area contributed by atoms with Gasteiger partial charge in [-0.1, -0.05) is 30.3 Å². The molecular weight excluding hydrogens is 224 g/mol. The van der Waals surface area contributed by atoms with Gasteiger partial charge in [-0.3, -0.25) is 4.90 Å². The highest BCUT2D eigenvalue weighted by Gasteiger charge is 2.33. The smallest absolute Gasteiger partial charge is 0.0707 e. The molecule has 18 heavy (non-hydrogen) atoms. The number of morpholine rings is 1. The first-order valence-corrected chi connectivity index (χ1v) is 6.97. The predicted octanol–water partition coefficient (Wildman–Crippen LogP) is 1.42. The molecule has 1 aromatic rings. The quantitative estimate of drug-likeness (QED) is 0.873. The van der Waals surface area contributed by atoms with Crippen molar-refractivity contribution < 1.29 is 4.74 Å². The zero-order chi connectivity index (χ0) is 12.4. The first kappa shape index (κ1) is 12.2. The van der Waals surface area contributed by atoms with Crippen LogP contribution in [0.3, 0.4) is 0 Å². The van der Waals surface area contributed by atoms with Crippen LogP contribution in [0.5, 0.6) is 0 Å². The lowest BCUT2D eigenvalue weighted by Crippen LogP contribution is -2.48. The van der Waals surface area contributed by atoms with E-state index in [1.807, 2.05) is 0 Å². The zero-order valence-electron chi connectivity index (χ0n) is 10.8. The second kappa shape index (κ2) is 5.39. The van der Waals surface area contributed by atoms with Gasteiger partial charge in [-0.2, -0.15) is 0 Å². The molecule has 0 aliphatic carbocycles. The average molecular weight is 246 g/mol. The lowest BCUT2D eigenvalue weighted by Gasteiger charge is -2.33. The SMILES string of the molecule is N[C@H](Cc1ccccc1)CN1CC2CCC(C1)O2. The molecule has 2 N–H and O–H groups in total. The highest BCUT2D eigenvalue weighted by molar-refractivity contribution is 5.15. The zero-order valence-corrected chi connectivity index (χ0v) is 10.8. The van der Waals surface area contributed by atoms with Crippen LogP contribution in [-0.2, 0) is 11.2 Å². The summed E-state index contributed by atoms with van der Waals surface area (Å²) in [5, 5.41) is 0. The average Bonchev–Trinajstić information content (AvgIpc) is 2.70. The molecule has 3 heteroatoms. The van der Waals surface area contributed by atoms with Crippen LogP contribution in [0.2, 0.25) is 0 Å². The van der Waals surface area contributed by atoms with Gasteiger partial charge in [0.05, 0.1) is 12.2 Å². The molecule has 0 spiro atoms. The summed E-state index contributed by atoms with van der Waals surface area (Å²) in [6, 6.07) is 10.7. The number of nitrogens with zero attached hydrogens (tertiary/aromatic N) is 1. The van der Waals surface area contributed by atoms with Gasteiger partial charge in [0.1, 0.15) is 0 Å². The third-order valence-electron chi connectivity index (χ3n) is 3.95. The fourth-order valence-corrected chi connectivity index (χ4v) is 3.16. The Morgan fingerprint density at radius 3 is 2.50 bits per heavy atom. The Bertz CT molecular complexity index is 369. The molecule has 98 valence electrons. The van der Waals surface area contributed by atoms with Crippen LogP contribution < -0.4 is 5.73 Å². The Morgan fingerprint density at radius 2 is 1.83 bits per heavy atom. The molecule has 0 aromatic heterocycles. The number of hydrogen-bond acceptors (Lipinski definition) is 3. The van der Waals surface area contributed by atoms with Crippen molar-refractivity contribution in [3.05, 3.63) is 35.9 Å². The first-order chi connectivity index (χ1) is 8.79. The van der Waals surface area contributed by atoms with Crippen molar-refractivity contribution in [2.75, 3.05) is 19.6 Å². The molecule has 0 radical (unpaired) electrons. The topological polar surface area (TPSA) is 38.5 Å². The Kier molecular flexibility index (Phi) is 3.64. The highest BCUT2D eigenvalue weighted by Crippen LogP contribution is 2.26. The molecule has 1 aromatic carbocycles. The van der Waals surface area contributed by atoms with E-state index in [1.54, 1.807) is 0 Å². The van der Waals surface area contributed by atoms with Crippen LogP contribution in [-0.4, -0.2) is 42.8 Å².